The normalized spacial score (nSPS) is 19.4. The van der Waals surface area contributed by atoms with Crippen molar-refractivity contribution in [3.8, 4) is 0 Å². The number of aliphatic hydroxyl groups excluding tert-OH is 1. The lowest BCUT2D eigenvalue weighted by Crippen LogP contribution is -2.44. The van der Waals surface area contributed by atoms with Gasteiger partial charge in [-0.15, -0.1) is 0 Å². The molecule has 0 bridgehead atoms. The Balaban J connectivity index is 2.67. The largest absolute Gasteiger partial charge is 0.444 e. The summed E-state index contributed by atoms with van der Waals surface area (Å²) in [6, 6.07) is 0. The fourth-order valence-corrected chi connectivity index (χ4v) is 3.42. The Morgan fingerprint density at radius 2 is 1.91 bits per heavy atom. The van der Waals surface area contributed by atoms with Gasteiger partial charge in [-0.1, -0.05) is 13.8 Å². The number of amides is 1. The van der Waals surface area contributed by atoms with Crippen LogP contribution in [0.1, 0.15) is 60.3 Å². The number of hydrogen-bond acceptors (Lipinski definition) is 4. The number of ether oxygens (including phenoxy) is 2. The van der Waals surface area contributed by atoms with E-state index < -0.39 is 11.7 Å². The molecule has 0 spiro atoms. The van der Waals surface area contributed by atoms with Gasteiger partial charge in [0.15, 0.2) is 0 Å². The highest BCUT2D eigenvalue weighted by atomic mass is 16.6. The third-order valence-corrected chi connectivity index (χ3v) is 4.25. The number of carbonyl (C=O) groups is 1. The van der Waals surface area contributed by atoms with E-state index >= 15 is 0 Å². The molecule has 23 heavy (non-hydrogen) atoms. The van der Waals surface area contributed by atoms with Crippen molar-refractivity contribution in [2.45, 2.75) is 65.9 Å². The first kappa shape index (κ1) is 20.2. The van der Waals surface area contributed by atoms with Gasteiger partial charge in [0, 0.05) is 25.2 Å². The van der Waals surface area contributed by atoms with Crippen LogP contribution < -0.4 is 5.32 Å². The van der Waals surface area contributed by atoms with Gasteiger partial charge in [0.1, 0.15) is 5.60 Å². The first-order valence-electron chi connectivity index (χ1n) is 8.81. The zero-order chi connectivity index (χ0) is 17.5. The highest BCUT2D eigenvalue weighted by Gasteiger charge is 2.35. The molecule has 0 saturated carbocycles. The van der Waals surface area contributed by atoms with E-state index in [1.54, 1.807) is 0 Å². The van der Waals surface area contributed by atoms with Gasteiger partial charge in [0.25, 0.3) is 0 Å². The number of nitrogens with one attached hydrogen (secondary N) is 1. The summed E-state index contributed by atoms with van der Waals surface area (Å²) >= 11 is 0. The summed E-state index contributed by atoms with van der Waals surface area (Å²) < 4.78 is 10.8. The van der Waals surface area contributed by atoms with Crippen LogP contribution in [0.15, 0.2) is 0 Å². The molecule has 1 rings (SSSR count). The highest BCUT2D eigenvalue weighted by Crippen LogP contribution is 2.36. The van der Waals surface area contributed by atoms with Crippen molar-refractivity contribution < 1.29 is 19.4 Å². The Labute approximate surface area is 141 Å². The maximum Gasteiger partial charge on any atom is 0.407 e. The Kier molecular flexibility index (Phi) is 7.81. The van der Waals surface area contributed by atoms with Crippen LogP contribution in [-0.2, 0) is 9.47 Å². The lowest BCUT2D eigenvalue weighted by Gasteiger charge is -2.38. The highest BCUT2D eigenvalue weighted by molar-refractivity contribution is 5.67. The second kappa shape index (κ2) is 8.88. The minimum atomic E-state index is -0.509. The van der Waals surface area contributed by atoms with Crippen molar-refractivity contribution in [1.29, 1.82) is 0 Å². The average molecular weight is 329 g/mol. The van der Waals surface area contributed by atoms with Crippen LogP contribution in [0.2, 0.25) is 0 Å². The minimum Gasteiger partial charge on any atom is -0.444 e. The van der Waals surface area contributed by atoms with Gasteiger partial charge in [-0.05, 0) is 58.3 Å². The Morgan fingerprint density at radius 1 is 1.30 bits per heavy atom. The van der Waals surface area contributed by atoms with E-state index in [1.807, 2.05) is 20.8 Å². The molecule has 136 valence electrons. The van der Waals surface area contributed by atoms with Crippen LogP contribution in [0.5, 0.6) is 0 Å². The van der Waals surface area contributed by atoms with Crippen LogP contribution in [0.3, 0.4) is 0 Å². The van der Waals surface area contributed by atoms with Crippen molar-refractivity contribution in [3.63, 3.8) is 0 Å². The standard InChI is InChI=1S/C18H35NO4/c1-14(2)10-18(13-20,11-15-6-8-22-9-7-15)12-19-16(21)23-17(3,4)5/h14-15,20H,6-13H2,1-5H3,(H,19,21). The van der Waals surface area contributed by atoms with E-state index in [9.17, 15) is 9.90 Å². The summed E-state index contributed by atoms with van der Waals surface area (Å²) in [5.74, 6) is 1.01. The second-order valence-electron chi connectivity index (χ2n) is 8.37. The number of rotatable bonds is 7. The molecule has 1 heterocycles. The van der Waals surface area contributed by atoms with E-state index in [0.29, 0.717) is 18.4 Å². The fourth-order valence-electron chi connectivity index (χ4n) is 3.42. The van der Waals surface area contributed by atoms with Crippen LogP contribution in [0.25, 0.3) is 0 Å². The molecular formula is C18H35NO4. The molecule has 5 heteroatoms. The van der Waals surface area contributed by atoms with Crippen molar-refractivity contribution in [2.75, 3.05) is 26.4 Å². The van der Waals surface area contributed by atoms with Crippen LogP contribution in [0, 0.1) is 17.3 Å². The Hall–Kier alpha value is -0.810. The maximum atomic E-state index is 12.0. The van der Waals surface area contributed by atoms with Gasteiger partial charge in [-0.25, -0.2) is 4.79 Å². The number of aliphatic hydroxyl groups is 1. The summed E-state index contributed by atoms with van der Waals surface area (Å²) in [7, 11) is 0. The molecule has 1 fully saturated rings. The van der Waals surface area contributed by atoms with Crippen molar-refractivity contribution in [3.05, 3.63) is 0 Å². The Morgan fingerprint density at radius 3 is 2.39 bits per heavy atom. The molecule has 2 N–H and O–H groups in total. The molecule has 5 nitrogen and oxygen atoms in total. The molecule has 0 aromatic carbocycles. The molecule has 1 saturated heterocycles. The van der Waals surface area contributed by atoms with E-state index in [2.05, 4.69) is 19.2 Å². The van der Waals surface area contributed by atoms with E-state index in [4.69, 9.17) is 9.47 Å². The molecule has 1 unspecified atom stereocenters. The van der Waals surface area contributed by atoms with Crippen molar-refractivity contribution >= 4 is 6.09 Å². The van der Waals surface area contributed by atoms with Gasteiger partial charge in [0.2, 0.25) is 0 Å². The van der Waals surface area contributed by atoms with Crippen LogP contribution in [0.4, 0.5) is 4.79 Å². The monoisotopic (exact) mass is 329 g/mol. The smallest absolute Gasteiger partial charge is 0.407 e. The predicted molar refractivity (Wildman–Crippen MR) is 91.4 cm³/mol. The second-order valence-corrected chi connectivity index (χ2v) is 8.37. The summed E-state index contributed by atoms with van der Waals surface area (Å²) in [5.41, 5.74) is -0.794. The predicted octanol–water partition coefficient (Wildman–Crippen LogP) is 3.35. The number of carbonyl (C=O) groups excluding carboxylic acids is 1. The third-order valence-electron chi connectivity index (χ3n) is 4.25. The van der Waals surface area contributed by atoms with Gasteiger partial charge in [0.05, 0.1) is 6.61 Å². The van der Waals surface area contributed by atoms with Crippen molar-refractivity contribution in [2.24, 2.45) is 17.3 Å². The molecule has 0 radical (unpaired) electrons. The van der Waals surface area contributed by atoms with E-state index in [1.165, 1.54) is 0 Å². The molecular weight excluding hydrogens is 294 g/mol. The zero-order valence-electron chi connectivity index (χ0n) is 15.5. The minimum absolute atomic E-state index is 0.0817. The summed E-state index contributed by atoms with van der Waals surface area (Å²) in [6.45, 7) is 12.0. The molecule has 1 aliphatic rings. The topological polar surface area (TPSA) is 67.8 Å². The molecule has 1 atom stereocenters. The van der Waals surface area contributed by atoms with Crippen LogP contribution in [-0.4, -0.2) is 43.2 Å². The van der Waals surface area contributed by atoms with Gasteiger partial charge in [-0.3, -0.25) is 0 Å². The summed E-state index contributed by atoms with van der Waals surface area (Å²) in [6.07, 6.45) is 3.46. The first-order chi connectivity index (χ1) is 10.7. The first-order valence-corrected chi connectivity index (χ1v) is 8.81. The number of alkyl carbamates (subject to hydrolysis) is 1. The van der Waals surface area contributed by atoms with E-state index in [0.717, 1.165) is 38.9 Å². The molecule has 0 aromatic rings. The lowest BCUT2D eigenvalue weighted by molar-refractivity contribution is 0.0161. The zero-order valence-corrected chi connectivity index (χ0v) is 15.5. The van der Waals surface area contributed by atoms with Crippen molar-refractivity contribution in [1.82, 2.24) is 5.32 Å². The summed E-state index contributed by atoms with van der Waals surface area (Å²) in [5, 5.41) is 13.0. The van der Waals surface area contributed by atoms with Crippen LogP contribution >= 0.6 is 0 Å². The fraction of sp³-hybridized carbons (Fsp3) is 0.944. The van der Waals surface area contributed by atoms with Gasteiger partial charge >= 0.3 is 6.09 Å². The summed E-state index contributed by atoms with van der Waals surface area (Å²) in [4.78, 5) is 12.0. The van der Waals surface area contributed by atoms with E-state index in [-0.39, 0.29) is 12.0 Å². The number of hydrogen-bond donors (Lipinski definition) is 2. The molecule has 1 aliphatic heterocycles. The van der Waals surface area contributed by atoms with Gasteiger partial charge in [-0.2, -0.15) is 0 Å². The molecule has 1 amide bonds. The Bertz CT molecular complexity index is 359. The third kappa shape index (κ3) is 8.02. The molecule has 0 aliphatic carbocycles. The lowest BCUT2D eigenvalue weighted by atomic mass is 9.72. The SMILES string of the molecule is CC(C)CC(CO)(CNC(=O)OC(C)(C)C)CC1CCOCC1. The average Bonchev–Trinajstić information content (AvgIpc) is 2.43. The quantitative estimate of drug-likeness (QED) is 0.751. The van der Waals surface area contributed by atoms with Gasteiger partial charge < -0.3 is 19.9 Å². The molecule has 0 aromatic heterocycles. The maximum absolute atomic E-state index is 12.0.